The van der Waals surface area contributed by atoms with Crippen LogP contribution in [0.4, 0.5) is 5.69 Å². The lowest BCUT2D eigenvalue weighted by Crippen LogP contribution is -2.36. The molecule has 1 amide bonds. The van der Waals surface area contributed by atoms with E-state index in [2.05, 4.69) is 0 Å². The maximum atomic E-state index is 12.2. The van der Waals surface area contributed by atoms with Crippen molar-refractivity contribution in [3.8, 4) is 5.75 Å². The highest BCUT2D eigenvalue weighted by molar-refractivity contribution is 5.96. The van der Waals surface area contributed by atoms with Gasteiger partial charge in [-0.2, -0.15) is 0 Å². The first-order valence-corrected chi connectivity index (χ1v) is 6.07. The fourth-order valence-corrected chi connectivity index (χ4v) is 1.58. The molecule has 1 aromatic carbocycles. The summed E-state index contributed by atoms with van der Waals surface area (Å²) in [7, 11) is 1.77. The Labute approximate surface area is 109 Å². The summed E-state index contributed by atoms with van der Waals surface area (Å²) in [6, 6.07) is 7.46. The van der Waals surface area contributed by atoms with Gasteiger partial charge in [-0.3, -0.25) is 4.79 Å². The lowest BCUT2D eigenvalue weighted by Gasteiger charge is -2.26. The van der Waals surface area contributed by atoms with Crippen molar-refractivity contribution in [2.24, 2.45) is 11.1 Å². The fraction of sp³-hybridized carbons (Fsp3) is 0.500. The number of rotatable bonds is 4. The predicted octanol–water partition coefficient (Wildman–Crippen LogP) is 2.03. The van der Waals surface area contributed by atoms with E-state index in [1.165, 1.54) is 0 Å². The maximum absolute atomic E-state index is 12.2. The predicted molar refractivity (Wildman–Crippen MR) is 73.9 cm³/mol. The number of hydrogen-bond donors (Lipinski definition) is 1. The molecular formula is C14H22N2O2. The van der Waals surface area contributed by atoms with Crippen LogP contribution in [-0.4, -0.2) is 26.1 Å². The Morgan fingerprint density at radius 1 is 1.39 bits per heavy atom. The number of amides is 1. The van der Waals surface area contributed by atoms with Gasteiger partial charge in [0.25, 0.3) is 0 Å². The topological polar surface area (TPSA) is 55.6 Å². The van der Waals surface area contributed by atoms with Crippen LogP contribution in [0.1, 0.15) is 20.8 Å². The van der Waals surface area contributed by atoms with Gasteiger partial charge in [-0.05, 0) is 12.1 Å². The van der Waals surface area contributed by atoms with Gasteiger partial charge in [0.15, 0.2) is 0 Å². The Hall–Kier alpha value is -1.55. The largest absolute Gasteiger partial charge is 0.492 e. The van der Waals surface area contributed by atoms with E-state index in [9.17, 15) is 4.79 Å². The van der Waals surface area contributed by atoms with Gasteiger partial charge in [-0.15, -0.1) is 0 Å². The molecule has 0 unspecified atom stereocenters. The summed E-state index contributed by atoms with van der Waals surface area (Å²) < 4.78 is 5.45. The van der Waals surface area contributed by atoms with Crippen molar-refractivity contribution in [1.29, 1.82) is 0 Å². The maximum Gasteiger partial charge on any atom is 0.232 e. The summed E-state index contributed by atoms with van der Waals surface area (Å²) in [5.74, 6) is 0.796. The molecule has 0 aliphatic heterocycles. The van der Waals surface area contributed by atoms with Gasteiger partial charge in [-0.25, -0.2) is 0 Å². The fourth-order valence-electron chi connectivity index (χ4n) is 1.58. The van der Waals surface area contributed by atoms with Crippen molar-refractivity contribution in [1.82, 2.24) is 0 Å². The van der Waals surface area contributed by atoms with Crippen LogP contribution in [0.3, 0.4) is 0 Å². The second-order valence-corrected chi connectivity index (χ2v) is 5.25. The monoisotopic (exact) mass is 250 g/mol. The van der Waals surface area contributed by atoms with Crippen LogP contribution in [0.25, 0.3) is 0 Å². The molecule has 4 heteroatoms. The van der Waals surface area contributed by atoms with Crippen molar-refractivity contribution in [3.63, 3.8) is 0 Å². The molecule has 0 heterocycles. The van der Waals surface area contributed by atoms with Gasteiger partial charge >= 0.3 is 0 Å². The van der Waals surface area contributed by atoms with Crippen LogP contribution >= 0.6 is 0 Å². The van der Waals surface area contributed by atoms with E-state index in [-0.39, 0.29) is 5.91 Å². The number of nitrogens with two attached hydrogens (primary N) is 1. The number of carbonyl (C=O) groups excluding carboxylic acids is 1. The first-order chi connectivity index (χ1) is 8.36. The van der Waals surface area contributed by atoms with Crippen LogP contribution in [-0.2, 0) is 4.79 Å². The summed E-state index contributed by atoms with van der Waals surface area (Å²) in [6.07, 6.45) is 0. The highest BCUT2D eigenvalue weighted by Gasteiger charge is 2.25. The number of hydrogen-bond acceptors (Lipinski definition) is 3. The second kappa shape index (κ2) is 5.87. The van der Waals surface area contributed by atoms with E-state index < -0.39 is 5.41 Å². The Balaban J connectivity index is 2.86. The Kier molecular flexibility index (Phi) is 4.73. The minimum absolute atomic E-state index is 0.0680. The molecule has 4 nitrogen and oxygen atoms in total. The lowest BCUT2D eigenvalue weighted by molar-refractivity contribution is -0.125. The summed E-state index contributed by atoms with van der Waals surface area (Å²) >= 11 is 0. The van der Waals surface area contributed by atoms with Crippen molar-refractivity contribution < 1.29 is 9.53 Å². The molecule has 0 aliphatic rings. The molecule has 0 saturated heterocycles. The number of carbonyl (C=O) groups is 1. The van der Waals surface area contributed by atoms with Gasteiger partial charge in [-0.1, -0.05) is 26.8 Å². The van der Waals surface area contributed by atoms with Gasteiger partial charge in [0.1, 0.15) is 12.4 Å². The van der Waals surface area contributed by atoms with E-state index in [0.29, 0.717) is 13.2 Å². The van der Waals surface area contributed by atoms with Crippen LogP contribution < -0.4 is 15.4 Å². The Morgan fingerprint density at radius 3 is 2.61 bits per heavy atom. The normalized spacial score (nSPS) is 11.2. The summed E-state index contributed by atoms with van der Waals surface area (Å²) in [5.41, 5.74) is 5.81. The standard InChI is InChI=1S/C14H22N2O2/c1-14(2,3)13(17)16(4)11-6-5-7-12(10-11)18-9-8-15/h5-7,10H,8-9,15H2,1-4H3. The van der Waals surface area contributed by atoms with Gasteiger partial charge < -0.3 is 15.4 Å². The Morgan fingerprint density at radius 2 is 2.06 bits per heavy atom. The number of benzene rings is 1. The minimum Gasteiger partial charge on any atom is -0.492 e. The number of anilines is 1. The van der Waals surface area contributed by atoms with Gasteiger partial charge in [0, 0.05) is 30.8 Å². The summed E-state index contributed by atoms with van der Waals surface area (Å²) in [4.78, 5) is 13.8. The lowest BCUT2D eigenvalue weighted by atomic mass is 9.95. The highest BCUT2D eigenvalue weighted by atomic mass is 16.5. The number of ether oxygens (including phenoxy) is 1. The molecular weight excluding hydrogens is 228 g/mol. The molecule has 0 radical (unpaired) electrons. The van der Waals surface area contributed by atoms with E-state index in [0.717, 1.165) is 11.4 Å². The zero-order valence-corrected chi connectivity index (χ0v) is 11.6. The molecule has 2 N–H and O–H groups in total. The first-order valence-electron chi connectivity index (χ1n) is 6.07. The zero-order valence-electron chi connectivity index (χ0n) is 11.6. The zero-order chi connectivity index (χ0) is 13.8. The van der Waals surface area contributed by atoms with Crippen LogP contribution in [0, 0.1) is 5.41 Å². The second-order valence-electron chi connectivity index (χ2n) is 5.25. The minimum atomic E-state index is -0.400. The van der Waals surface area contributed by atoms with Crippen LogP contribution in [0.2, 0.25) is 0 Å². The van der Waals surface area contributed by atoms with Crippen molar-refractivity contribution in [2.75, 3.05) is 25.1 Å². The Bertz CT molecular complexity index is 411. The molecule has 0 aromatic heterocycles. The molecule has 100 valence electrons. The third kappa shape index (κ3) is 3.74. The molecule has 0 fully saturated rings. The first kappa shape index (κ1) is 14.5. The molecule has 1 aromatic rings. The van der Waals surface area contributed by atoms with Crippen LogP contribution in [0.5, 0.6) is 5.75 Å². The van der Waals surface area contributed by atoms with Crippen molar-refractivity contribution in [3.05, 3.63) is 24.3 Å². The van der Waals surface area contributed by atoms with E-state index in [4.69, 9.17) is 10.5 Å². The molecule has 18 heavy (non-hydrogen) atoms. The smallest absolute Gasteiger partial charge is 0.232 e. The molecule has 1 rings (SSSR count). The van der Waals surface area contributed by atoms with Gasteiger partial charge in [0.05, 0.1) is 0 Å². The molecule has 0 saturated carbocycles. The summed E-state index contributed by atoms with van der Waals surface area (Å²) in [5, 5.41) is 0. The third-order valence-corrected chi connectivity index (χ3v) is 2.54. The van der Waals surface area contributed by atoms with E-state index in [1.807, 2.05) is 45.0 Å². The van der Waals surface area contributed by atoms with E-state index >= 15 is 0 Å². The molecule has 0 spiro atoms. The highest BCUT2D eigenvalue weighted by Crippen LogP contribution is 2.25. The van der Waals surface area contributed by atoms with Crippen molar-refractivity contribution in [2.45, 2.75) is 20.8 Å². The van der Waals surface area contributed by atoms with Crippen LogP contribution in [0.15, 0.2) is 24.3 Å². The third-order valence-electron chi connectivity index (χ3n) is 2.54. The number of nitrogens with zero attached hydrogens (tertiary/aromatic N) is 1. The SMILES string of the molecule is CN(C(=O)C(C)(C)C)c1cccc(OCCN)c1. The van der Waals surface area contributed by atoms with E-state index in [1.54, 1.807) is 11.9 Å². The quantitative estimate of drug-likeness (QED) is 0.889. The molecule has 0 bridgehead atoms. The average molecular weight is 250 g/mol. The van der Waals surface area contributed by atoms with Crippen molar-refractivity contribution >= 4 is 11.6 Å². The summed E-state index contributed by atoms with van der Waals surface area (Å²) in [6.45, 7) is 6.66. The van der Waals surface area contributed by atoms with Gasteiger partial charge in [0.2, 0.25) is 5.91 Å². The average Bonchev–Trinajstić information content (AvgIpc) is 2.33. The molecule has 0 atom stereocenters. The molecule has 0 aliphatic carbocycles.